The van der Waals surface area contributed by atoms with Crippen LogP contribution >= 0.6 is 0 Å². The molecule has 172 valence electrons. The maximum atomic E-state index is 13.6. The number of rotatable bonds is 4. The second-order valence-electron chi connectivity index (χ2n) is 9.12. The lowest BCUT2D eigenvalue weighted by Gasteiger charge is -2.38. The normalized spacial score (nSPS) is 17.4. The summed E-state index contributed by atoms with van der Waals surface area (Å²) in [6, 6.07) is 19.4. The van der Waals surface area contributed by atoms with Gasteiger partial charge in [0.05, 0.1) is 9.79 Å². The third-order valence-corrected chi connectivity index (χ3v) is 9.02. The van der Waals surface area contributed by atoms with Gasteiger partial charge in [-0.1, -0.05) is 74.4 Å². The van der Waals surface area contributed by atoms with Crippen molar-refractivity contribution in [2.24, 2.45) is 0 Å². The molecule has 3 aromatic rings. The van der Waals surface area contributed by atoms with Crippen molar-refractivity contribution in [3.8, 4) is 5.75 Å². The number of hydrogen-bond acceptors (Lipinski definition) is 4. The monoisotopic (exact) mass is 470 g/mol. The predicted molar refractivity (Wildman–Crippen MR) is 133 cm³/mol. The van der Waals surface area contributed by atoms with Crippen molar-refractivity contribution in [2.75, 3.05) is 0 Å². The van der Waals surface area contributed by atoms with Crippen LogP contribution in [0.15, 0.2) is 94.7 Å². The van der Waals surface area contributed by atoms with E-state index in [1.807, 2.05) is 24.3 Å². The van der Waals surface area contributed by atoms with E-state index in [2.05, 4.69) is 6.58 Å². The highest BCUT2D eigenvalue weighted by Crippen LogP contribution is 2.45. The van der Waals surface area contributed by atoms with Gasteiger partial charge in [0.25, 0.3) is 0 Å². The first-order chi connectivity index (χ1) is 16.3. The molecule has 0 atom stereocenters. The molecule has 5 rings (SSSR count). The van der Waals surface area contributed by atoms with Crippen molar-refractivity contribution < 1.29 is 18.3 Å². The first-order valence-corrected chi connectivity index (χ1v) is 13.0. The van der Waals surface area contributed by atoms with E-state index in [1.54, 1.807) is 54.6 Å². The van der Waals surface area contributed by atoms with Gasteiger partial charge in [0, 0.05) is 22.1 Å². The average molecular weight is 471 g/mol. The molecule has 0 radical (unpaired) electrons. The summed E-state index contributed by atoms with van der Waals surface area (Å²) in [7, 11) is -3.83. The Morgan fingerprint density at radius 1 is 0.794 bits per heavy atom. The molecule has 0 spiro atoms. The van der Waals surface area contributed by atoms with E-state index in [1.165, 1.54) is 6.42 Å². The average Bonchev–Trinajstić information content (AvgIpc) is 2.87. The van der Waals surface area contributed by atoms with Gasteiger partial charge in [-0.05, 0) is 54.3 Å². The zero-order valence-corrected chi connectivity index (χ0v) is 19.6. The number of aromatic hydroxyl groups is 1. The van der Waals surface area contributed by atoms with Crippen LogP contribution in [0.1, 0.15) is 59.2 Å². The molecule has 1 N–H and O–H groups in total. The molecule has 0 saturated heterocycles. The summed E-state index contributed by atoms with van der Waals surface area (Å²) in [5, 5.41) is 9.76. The molecule has 5 heteroatoms. The highest BCUT2D eigenvalue weighted by molar-refractivity contribution is 7.91. The zero-order valence-electron chi connectivity index (χ0n) is 18.8. The minimum Gasteiger partial charge on any atom is -0.508 e. The van der Waals surface area contributed by atoms with Gasteiger partial charge in [0.15, 0.2) is 5.78 Å². The van der Waals surface area contributed by atoms with Crippen molar-refractivity contribution in [3.05, 3.63) is 107 Å². The Morgan fingerprint density at radius 3 is 2.06 bits per heavy atom. The van der Waals surface area contributed by atoms with Gasteiger partial charge in [-0.15, -0.1) is 0 Å². The van der Waals surface area contributed by atoms with Crippen LogP contribution in [0.25, 0.3) is 6.08 Å². The number of carbonyl (C=O) groups excluding carboxylic acids is 1. The fourth-order valence-corrected chi connectivity index (χ4v) is 6.81. The Morgan fingerprint density at radius 2 is 1.41 bits per heavy atom. The minimum absolute atomic E-state index is 0.126. The molecule has 0 bridgehead atoms. The van der Waals surface area contributed by atoms with E-state index in [4.69, 9.17) is 0 Å². The van der Waals surface area contributed by atoms with E-state index in [0.29, 0.717) is 16.7 Å². The number of Topliss-reactive ketones (excluding diaryl/α,β-unsaturated/α-hetero) is 1. The summed E-state index contributed by atoms with van der Waals surface area (Å²) < 4.78 is 27.1. The Kier molecular flexibility index (Phi) is 5.53. The van der Waals surface area contributed by atoms with Gasteiger partial charge in [-0.25, -0.2) is 8.42 Å². The number of sulfone groups is 1. The van der Waals surface area contributed by atoms with Crippen LogP contribution in [-0.2, 0) is 15.3 Å². The second-order valence-corrected chi connectivity index (χ2v) is 11.0. The Bertz CT molecular complexity index is 1410. The van der Waals surface area contributed by atoms with Crippen molar-refractivity contribution in [1.82, 2.24) is 0 Å². The van der Waals surface area contributed by atoms with E-state index < -0.39 is 9.84 Å². The molecular weight excluding hydrogens is 444 g/mol. The maximum absolute atomic E-state index is 13.6. The van der Waals surface area contributed by atoms with Gasteiger partial charge in [0.1, 0.15) is 5.75 Å². The highest BCUT2D eigenvalue weighted by atomic mass is 32.2. The molecule has 4 nitrogen and oxygen atoms in total. The van der Waals surface area contributed by atoms with Gasteiger partial charge >= 0.3 is 0 Å². The van der Waals surface area contributed by atoms with Crippen molar-refractivity contribution in [2.45, 2.75) is 47.3 Å². The standard InChI is InChI=1S/C29H26O4S/c1-20-8-17-25-26(28(20)31)6-5-7-27(25)34(32,33)24-15-11-22(12-16-24)29(18-3-2-4-19-29)21-9-13-23(30)14-10-21/h5-17,30H,1-4,18-19H2. The summed E-state index contributed by atoms with van der Waals surface area (Å²) in [5.41, 5.74) is 3.14. The van der Waals surface area contributed by atoms with Gasteiger partial charge < -0.3 is 5.11 Å². The van der Waals surface area contributed by atoms with E-state index in [9.17, 15) is 18.3 Å². The van der Waals surface area contributed by atoms with Crippen molar-refractivity contribution >= 4 is 21.7 Å². The molecule has 0 unspecified atom stereocenters. The van der Waals surface area contributed by atoms with E-state index in [-0.39, 0.29) is 26.7 Å². The van der Waals surface area contributed by atoms with Crippen LogP contribution < -0.4 is 0 Å². The summed E-state index contributed by atoms with van der Waals surface area (Å²) >= 11 is 0. The number of ketones is 1. The summed E-state index contributed by atoms with van der Waals surface area (Å²) in [5.74, 6) is -0.0171. The third-order valence-electron chi connectivity index (χ3n) is 7.19. The quantitative estimate of drug-likeness (QED) is 0.458. The third kappa shape index (κ3) is 3.61. The molecule has 34 heavy (non-hydrogen) atoms. The lowest BCUT2D eigenvalue weighted by atomic mass is 9.65. The van der Waals surface area contributed by atoms with Crippen LogP contribution in [-0.4, -0.2) is 19.3 Å². The van der Waals surface area contributed by atoms with Crippen LogP contribution in [0.2, 0.25) is 0 Å². The summed E-state index contributed by atoms with van der Waals surface area (Å²) in [4.78, 5) is 12.8. The van der Waals surface area contributed by atoms with E-state index >= 15 is 0 Å². The summed E-state index contributed by atoms with van der Waals surface area (Å²) in [6.07, 6.45) is 8.56. The minimum atomic E-state index is -3.83. The highest BCUT2D eigenvalue weighted by Gasteiger charge is 2.36. The van der Waals surface area contributed by atoms with Crippen LogP contribution in [0.5, 0.6) is 5.75 Å². The summed E-state index contributed by atoms with van der Waals surface area (Å²) in [6.45, 7) is 3.73. The zero-order chi connectivity index (χ0) is 23.9. The lowest BCUT2D eigenvalue weighted by molar-refractivity contribution is 0.103. The lowest BCUT2D eigenvalue weighted by Crippen LogP contribution is -2.30. The topological polar surface area (TPSA) is 71.4 Å². The fourth-order valence-electron chi connectivity index (χ4n) is 5.34. The van der Waals surface area contributed by atoms with E-state index in [0.717, 1.165) is 36.8 Å². The molecule has 0 heterocycles. The first-order valence-electron chi connectivity index (χ1n) is 11.5. The predicted octanol–water partition coefficient (Wildman–Crippen LogP) is 6.24. The van der Waals surface area contributed by atoms with Gasteiger partial charge in [0.2, 0.25) is 9.84 Å². The molecule has 0 aromatic heterocycles. The molecule has 1 fully saturated rings. The van der Waals surface area contributed by atoms with Crippen molar-refractivity contribution in [1.29, 1.82) is 0 Å². The molecule has 0 aliphatic heterocycles. The van der Waals surface area contributed by atoms with Crippen LogP contribution in [0, 0.1) is 0 Å². The number of phenolic OH excluding ortho intramolecular Hbond substituents is 1. The maximum Gasteiger partial charge on any atom is 0.207 e. The Hall–Kier alpha value is -3.44. The fraction of sp³-hybridized carbons (Fsp3) is 0.207. The number of hydrogen-bond donors (Lipinski definition) is 1. The molecule has 2 aliphatic carbocycles. The number of carbonyl (C=O) groups is 1. The van der Waals surface area contributed by atoms with Crippen molar-refractivity contribution in [3.63, 3.8) is 0 Å². The molecule has 0 amide bonds. The Labute approximate surface area is 200 Å². The number of allylic oxidation sites excluding steroid dienone is 2. The largest absolute Gasteiger partial charge is 0.508 e. The number of phenols is 1. The second kappa shape index (κ2) is 8.41. The van der Waals surface area contributed by atoms with Crippen LogP contribution in [0.4, 0.5) is 0 Å². The first kappa shape index (κ1) is 22.4. The Balaban J connectivity index is 1.56. The van der Waals surface area contributed by atoms with Gasteiger partial charge in [-0.2, -0.15) is 0 Å². The molecule has 2 aliphatic rings. The van der Waals surface area contributed by atoms with Gasteiger partial charge in [-0.3, -0.25) is 4.79 Å². The smallest absolute Gasteiger partial charge is 0.207 e. The molecule has 1 saturated carbocycles. The number of fused-ring (bicyclic) bond motifs is 1. The molecule has 3 aromatic carbocycles. The molecular formula is C29H26O4S. The number of benzene rings is 3. The SMILES string of the molecule is C=C1C=Cc2c(cccc2S(=O)(=O)c2ccc(C3(c4ccc(O)cc4)CCCCC3)cc2)C1=O. The van der Waals surface area contributed by atoms with Crippen LogP contribution in [0.3, 0.4) is 0 Å².